The molecule has 2 heterocycles. The minimum Gasteiger partial charge on any atom is -0.348 e. The molecule has 0 amide bonds. The van der Waals surface area contributed by atoms with Crippen LogP contribution in [0.5, 0.6) is 0 Å². The first-order valence-electron chi connectivity index (χ1n) is 12.9. The van der Waals surface area contributed by atoms with Crippen LogP contribution in [0.25, 0.3) is 0 Å². The number of carbonyl (C=O) groups is 1. The van der Waals surface area contributed by atoms with Gasteiger partial charge in [-0.05, 0) is 73.5 Å². The molecule has 6 rings (SSSR count). The summed E-state index contributed by atoms with van der Waals surface area (Å²) in [5.41, 5.74) is 6.98. The first-order valence-corrected chi connectivity index (χ1v) is 12.9. The van der Waals surface area contributed by atoms with Crippen LogP contribution in [0.2, 0.25) is 0 Å². The van der Waals surface area contributed by atoms with Crippen LogP contribution >= 0.6 is 0 Å². The molecule has 2 N–H and O–H groups in total. The first kappa shape index (κ1) is 20.2. The number of ether oxygens (including phenoxy) is 2. The highest BCUT2D eigenvalue weighted by Crippen LogP contribution is 2.69. The molecular formula is C26H41NO3. The summed E-state index contributed by atoms with van der Waals surface area (Å²) < 4.78 is 13.0. The topological polar surface area (TPSA) is 61.5 Å². The Kier molecular flexibility index (Phi) is 4.40. The Hall–Kier alpha value is -0.450. The Morgan fingerprint density at radius 1 is 1.03 bits per heavy atom. The second-order valence-corrected chi connectivity index (χ2v) is 12.5. The molecule has 4 heteroatoms. The predicted octanol–water partition coefficient (Wildman–Crippen LogP) is 4.69. The summed E-state index contributed by atoms with van der Waals surface area (Å²) in [4.78, 5) is 13.9. The van der Waals surface area contributed by atoms with Crippen LogP contribution in [0.4, 0.5) is 0 Å². The van der Waals surface area contributed by atoms with Crippen molar-refractivity contribution >= 4 is 5.78 Å². The van der Waals surface area contributed by atoms with Crippen molar-refractivity contribution < 1.29 is 14.3 Å². The summed E-state index contributed by atoms with van der Waals surface area (Å²) in [6.45, 7) is 7.77. The Morgan fingerprint density at radius 3 is 2.63 bits per heavy atom. The molecule has 0 aromatic carbocycles. The highest BCUT2D eigenvalue weighted by Gasteiger charge is 2.72. The van der Waals surface area contributed by atoms with Gasteiger partial charge in [0.05, 0.1) is 18.8 Å². The molecule has 0 bridgehead atoms. The average molecular weight is 416 g/mol. The van der Waals surface area contributed by atoms with Crippen LogP contribution in [0.3, 0.4) is 0 Å². The number of carbonyl (C=O) groups excluding carboxylic acids is 1. The average Bonchev–Trinajstić information content (AvgIpc) is 3.17. The lowest BCUT2D eigenvalue weighted by atomic mass is 9.44. The second kappa shape index (κ2) is 6.54. The van der Waals surface area contributed by atoms with E-state index in [-0.39, 0.29) is 23.5 Å². The SMILES string of the molecule is CC1CC[C@@]2(OC1)O[C@H]1C[C@H]3[C@@H]4CCC5CCCC[C@]5(C)[C@H]4CC(=O)[C@]3(C)[C@H]1[C@@H]2N. The van der Waals surface area contributed by atoms with Gasteiger partial charge in [0.2, 0.25) is 0 Å². The van der Waals surface area contributed by atoms with E-state index in [0.29, 0.717) is 34.9 Å². The van der Waals surface area contributed by atoms with Gasteiger partial charge >= 0.3 is 0 Å². The molecule has 4 nitrogen and oxygen atoms in total. The van der Waals surface area contributed by atoms with E-state index in [4.69, 9.17) is 15.2 Å². The van der Waals surface area contributed by atoms with E-state index in [1.165, 1.54) is 38.5 Å². The third kappa shape index (κ3) is 2.42. The van der Waals surface area contributed by atoms with Gasteiger partial charge in [-0.25, -0.2) is 0 Å². The Balaban J connectivity index is 1.31. The van der Waals surface area contributed by atoms with Gasteiger partial charge in [0, 0.05) is 24.2 Å². The van der Waals surface area contributed by atoms with Gasteiger partial charge in [0.15, 0.2) is 5.79 Å². The molecule has 2 saturated heterocycles. The number of nitrogens with two attached hydrogens (primary N) is 1. The van der Waals surface area contributed by atoms with Crippen molar-refractivity contribution in [3.8, 4) is 0 Å². The minimum absolute atomic E-state index is 0.1000. The van der Waals surface area contributed by atoms with Crippen molar-refractivity contribution in [1.29, 1.82) is 0 Å². The molecular weight excluding hydrogens is 374 g/mol. The lowest BCUT2D eigenvalue weighted by molar-refractivity contribution is -0.261. The van der Waals surface area contributed by atoms with Crippen molar-refractivity contribution in [1.82, 2.24) is 0 Å². The molecule has 2 aliphatic heterocycles. The maximum atomic E-state index is 13.9. The van der Waals surface area contributed by atoms with Crippen molar-refractivity contribution in [2.45, 2.75) is 103 Å². The highest BCUT2D eigenvalue weighted by molar-refractivity contribution is 5.87. The molecule has 168 valence electrons. The van der Waals surface area contributed by atoms with Gasteiger partial charge in [0.1, 0.15) is 5.78 Å². The molecule has 11 atom stereocenters. The zero-order chi connectivity index (χ0) is 20.9. The number of ketones is 1. The van der Waals surface area contributed by atoms with Gasteiger partial charge < -0.3 is 15.2 Å². The summed E-state index contributed by atoms with van der Waals surface area (Å²) in [5.74, 6) is 3.10. The van der Waals surface area contributed by atoms with E-state index in [0.717, 1.165) is 38.2 Å². The maximum Gasteiger partial charge on any atom is 0.184 e. The molecule has 30 heavy (non-hydrogen) atoms. The summed E-state index contributed by atoms with van der Waals surface area (Å²) in [5, 5.41) is 0. The quantitative estimate of drug-likeness (QED) is 0.623. The van der Waals surface area contributed by atoms with Gasteiger partial charge in [-0.1, -0.05) is 33.6 Å². The third-order valence-corrected chi connectivity index (χ3v) is 11.4. The molecule has 1 spiro atoms. The number of rotatable bonds is 0. The van der Waals surface area contributed by atoms with Crippen LogP contribution in [0.15, 0.2) is 0 Å². The minimum atomic E-state index is -0.639. The van der Waals surface area contributed by atoms with Crippen molar-refractivity contribution in [3.63, 3.8) is 0 Å². The van der Waals surface area contributed by atoms with Gasteiger partial charge in [-0.15, -0.1) is 0 Å². The number of Topliss-reactive ketones (excluding diaryl/α,β-unsaturated/α-hetero) is 1. The van der Waals surface area contributed by atoms with Crippen LogP contribution in [-0.2, 0) is 14.3 Å². The molecule has 4 saturated carbocycles. The molecule has 6 fully saturated rings. The summed E-state index contributed by atoms with van der Waals surface area (Å²) in [6, 6.07) is -0.174. The molecule has 4 aliphatic carbocycles. The van der Waals surface area contributed by atoms with Crippen molar-refractivity contribution in [3.05, 3.63) is 0 Å². The van der Waals surface area contributed by atoms with Crippen LogP contribution < -0.4 is 5.73 Å². The smallest absolute Gasteiger partial charge is 0.184 e. The molecule has 0 aromatic heterocycles. The fourth-order valence-corrected chi connectivity index (χ4v) is 9.63. The van der Waals surface area contributed by atoms with Crippen molar-refractivity contribution in [2.75, 3.05) is 6.61 Å². The molecule has 2 unspecified atom stereocenters. The molecule has 6 aliphatic rings. The zero-order valence-corrected chi connectivity index (χ0v) is 19.2. The van der Waals surface area contributed by atoms with Crippen LogP contribution in [-0.4, -0.2) is 30.3 Å². The van der Waals surface area contributed by atoms with E-state index < -0.39 is 5.79 Å². The van der Waals surface area contributed by atoms with Crippen molar-refractivity contribution in [2.24, 2.45) is 52.1 Å². The Bertz CT molecular complexity index is 730. The number of fused-ring (bicyclic) bond motifs is 7. The van der Waals surface area contributed by atoms with E-state index >= 15 is 0 Å². The van der Waals surface area contributed by atoms with E-state index in [9.17, 15) is 4.79 Å². The lowest BCUT2D eigenvalue weighted by Gasteiger charge is -2.60. The Morgan fingerprint density at radius 2 is 1.87 bits per heavy atom. The number of hydrogen-bond acceptors (Lipinski definition) is 4. The monoisotopic (exact) mass is 415 g/mol. The van der Waals surface area contributed by atoms with E-state index in [1.54, 1.807) is 0 Å². The standard InChI is InChI=1S/C26H41NO3/c1-15-9-11-26(29-14-15)23(27)22-20(30-26)12-19-17-8-7-16-6-4-5-10-24(16,2)18(17)13-21(28)25(19,22)3/h15-20,22-23H,4-14,27H2,1-3H3/t15?,16?,17-,18+,19+,20+,22-,23+,24+,25-,26-/m1/s1. The maximum absolute atomic E-state index is 13.9. The van der Waals surface area contributed by atoms with Gasteiger partial charge in [-0.2, -0.15) is 0 Å². The molecule has 0 radical (unpaired) electrons. The van der Waals surface area contributed by atoms with E-state index in [2.05, 4.69) is 20.8 Å². The number of hydrogen-bond donors (Lipinski definition) is 1. The largest absolute Gasteiger partial charge is 0.348 e. The normalized spacial score (nSPS) is 60.1. The van der Waals surface area contributed by atoms with E-state index in [1.807, 2.05) is 0 Å². The van der Waals surface area contributed by atoms with Gasteiger partial charge in [-0.3, -0.25) is 4.79 Å². The second-order valence-electron chi connectivity index (χ2n) is 12.5. The summed E-state index contributed by atoms with van der Waals surface area (Å²) in [6.07, 6.45) is 12.0. The van der Waals surface area contributed by atoms with Crippen LogP contribution in [0.1, 0.15) is 85.0 Å². The highest BCUT2D eigenvalue weighted by atomic mass is 16.7. The Labute approximate surface area is 182 Å². The third-order valence-electron chi connectivity index (χ3n) is 11.4. The fourth-order valence-electron chi connectivity index (χ4n) is 9.63. The fraction of sp³-hybridized carbons (Fsp3) is 0.962. The first-order chi connectivity index (χ1) is 14.3. The predicted molar refractivity (Wildman–Crippen MR) is 116 cm³/mol. The summed E-state index contributed by atoms with van der Waals surface area (Å²) >= 11 is 0. The van der Waals surface area contributed by atoms with Gasteiger partial charge in [0.25, 0.3) is 0 Å². The van der Waals surface area contributed by atoms with Crippen LogP contribution in [0, 0.1) is 46.3 Å². The lowest BCUT2D eigenvalue weighted by Crippen LogP contribution is -2.60. The molecule has 0 aromatic rings. The zero-order valence-electron chi connectivity index (χ0n) is 19.2. The summed E-state index contributed by atoms with van der Waals surface area (Å²) in [7, 11) is 0.